The van der Waals surface area contributed by atoms with E-state index in [0.717, 1.165) is 38.5 Å². The highest BCUT2D eigenvalue weighted by Gasteiger charge is 2.25. The lowest BCUT2D eigenvalue weighted by molar-refractivity contribution is -0.870. The fourth-order valence-corrected chi connectivity index (χ4v) is 6.01. The summed E-state index contributed by atoms with van der Waals surface area (Å²) in [4.78, 5) is 36.9. The molecule has 0 saturated heterocycles. The average molecular weight is 729 g/mol. The number of nitrogens with zero attached hydrogens (tertiary/aromatic N) is 1. The van der Waals surface area contributed by atoms with E-state index in [0.29, 0.717) is 17.4 Å². The average Bonchev–Trinajstić information content (AvgIpc) is 3.08. The highest BCUT2D eigenvalue weighted by Crippen LogP contribution is 2.15. The molecule has 9 heteroatoms. The quantitative estimate of drug-likeness (QED) is 0.0288. The van der Waals surface area contributed by atoms with Crippen molar-refractivity contribution < 1.29 is 42.9 Å². The maximum atomic E-state index is 12.7. The normalized spacial score (nSPS) is 12.9. The summed E-state index contributed by atoms with van der Waals surface area (Å²) >= 11 is 0. The number of quaternary nitrogens is 1. The second-order valence-electron chi connectivity index (χ2n) is 15.7. The van der Waals surface area contributed by atoms with Gasteiger partial charge in [-0.1, -0.05) is 168 Å². The molecule has 0 bridgehead atoms. The van der Waals surface area contributed by atoms with Gasteiger partial charge in [-0.15, -0.1) is 0 Å². The van der Waals surface area contributed by atoms with Crippen LogP contribution in [0.3, 0.4) is 0 Å². The Morgan fingerprint density at radius 3 is 1.25 bits per heavy atom. The van der Waals surface area contributed by atoms with E-state index in [-0.39, 0.29) is 32.2 Å². The Bertz CT molecular complexity index is 815. The van der Waals surface area contributed by atoms with Gasteiger partial charge in [0, 0.05) is 12.8 Å². The molecule has 0 rings (SSSR count). The third-order valence-electron chi connectivity index (χ3n) is 9.36. The van der Waals surface area contributed by atoms with Crippen LogP contribution in [0.1, 0.15) is 194 Å². The highest BCUT2D eigenvalue weighted by molar-refractivity contribution is 5.71. The Balaban J connectivity index is 4.42. The number of carboxylic acids is 1. The van der Waals surface area contributed by atoms with Crippen LogP contribution in [0.2, 0.25) is 0 Å². The molecule has 302 valence electrons. The molecule has 1 N–H and O–H groups in total. The van der Waals surface area contributed by atoms with Crippen LogP contribution < -0.4 is 0 Å². The van der Waals surface area contributed by atoms with Crippen LogP contribution in [0.5, 0.6) is 0 Å². The summed E-state index contributed by atoms with van der Waals surface area (Å²) in [6, 6.07) is 0. The fraction of sp³-hybridized carbons (Fsp3) is 0.929. The molecule has 0 aromatic rings. The van der Waals surface area contributed by atoms with Crippen molar-refractivity contribution in [3.63, 3.8) is 0 Å². The standard InChI is InChI=1S/C42H81NO8/c1-6-8-10-12-14-16-18-19-20-21-22-23-25-27-29-31-33-40(45)51-38(37-50-42(41(46)47)48-35-34-43(3,4)5)36-49-39(44)32-30-28-26-24-17-15-13-11-9-7-2/h38,42H,6-37H2,1-5H3/p+1. The minimum atomic E-state index is -1.50. The Kier molecular flexibility index (Phi) is 34.1. The van der Waals surface area contributed by atoms with Crippen LogP contribution in [0.15, 0.2) is 0 Å². The zero-order chi connectivity index (χ0) is 37.8. The first-order chi connectivity index (χ1) is 24.6. The van der Waals surface area contributed by atoms with Crippen LogP contribution in [0.4, 0.5) is 0 Å². The van der Waals surface area contributed by atoms with Gasteiger partial charge in [-0.3, -0.25) is 9.59 Å². The van der Waals surface area contributed by atoms with Crippen LogP contribution in [-0.4, -0.2) is 87.4 Å². The molecule has 51 heavy (non-hydrogen) atoms. The van der Waals surface area contributed by atoms with Crippen molar-refractivity contribution in [2.75, 3.05) is 47.5 Å². The number of carboxylic acid groups (broad SMARTS) is 1. The second kappa shape index (κ2) is 35.3. The van der Waals surface area contributed by atoms with Gasteiger partial charge in [0.25, 0.3) is 6.29 Å². The first kappa shape index (κ1) is 49.3. The molecule has 0 aliphatic heterocycles. The molecule has 0 aromatic heterocycles. The Hall–Kier alpha value is -1.71. The summed E-state index contributed by atoms with van der Waals surface area (Å²) in [6.45, 7) is 4.87. The number of unbranched alkanes of at least 4 members (excludes halogenated alkanes) is 24. The summed E-state index contributed by atoms with van der Waals surface area (Å²) in [6.07, 6.45) is 30.1. The number of carbonyl (C=O) groups is 3. The van der Waals surface area contributed by atoms with Gasteiger partial charge in [0.15, 0.2) is 6.10 Å². The lowest BCUT2D eigenvalue weighted by atomic mass is 10.0. The van der Waals surface area contributed by atoms with Gasteiger partial charge in [0.2, 0.25) is 0 Å². The van der Waals surface area contributed by atoms with Crippen molar-refractivity contribution in [2.45, 2.75) is 206 Å². The lowest BCUT2D eigenvalue weighted by Crippen LogP contribution is -2.40. The predicted molar refractivity (Wildman–Crippen MR) is 208 cm³/mol. The van der Waals surface area contributed by atoms with E-state index < -0.39 is 24.3 Å². The minimum absolute atomic E-state index is 0.174. The van der Waals surface area contributed by atoms with Crippen LogP contribution in [-0.2, 0) is 33.3 Å². The fourth-order valence-electron chi connectivity index (χ4n) is 6.01. The van der Waals surface area contributed by atoms with Crippen LogP contribution in [0.25, 0.3) is 0 Å². The number of likely N-dealkylation sites (N-methyl/N-ethyl adjacent to an activating group) is 1. The van der Waals surface area contributed by atoms with Gasteiger partial charge >= 0.3 is 17.9 Å². The van der Waals surface area contributed by atoms with Gasteiger partial charge in [-0.25, -0.2) is 4.79 Å². The molecule has 0 spiro atoms. The van der Waals surface area contributed by atoms with Gasteiger partial charge in [0.05, 0.1) is 34.4 Å². The number of ether oxygens (including phenoxy) is 4. The number of aliphatic carboxylic acids is 1. The summed E-state index contributed by atoms with van der Waals surface area (Å²) in [5.74, 6) is -1.99. The van der Waals surface area contributed by atoms with Crippen molar-refractivity contribution in [3.8, 4) is 0 Å². The minimum Gasteiger partial charge on any atom is -0.477 e. The predicted octanol–water partition coefficient (Wildman–Crippen LogP) is 10.6. The van der Waals surface area contributed by atoms with E-state index in [9.17, 15) is 19.5 Å². The Morgan fingerprint density at radius 1 is 0.510 bits per heavy atom. The largest absolute Gasteiger partial charge is 0.477 e. The topological polar surface area (TPSA) is 108 Å². The van der Waals surface area contributed by atoms with Crippen LogP contribution >= 0.6 is 0 Å². The molecule has 0 aliphatic carbocycles. The molecule has 0 aliphatic rings. The molecule has 0 heterocycles. The number of esters is 2. The molecule has 2 unspecified atom stereocenters. The molecule has 0 radical (unpaired) electrons. The first-order valence-corrected chi connectivity index (χ1v) is 21.2. The smallest absolute Gasteiger partial charge is 0.361 e. The Labute approximate surface area is 313 Å². The molecule has 2 atom stereocenters. The summed E-state index contributed by atoms with van der Waals surface area (Å²) in [5, 5.41) is 9.60. The summed E-state index contributed by atoms with van der Waals surface area (Å²) in [5.41, 5.74) is 0. The van der Waals surface area contributed by atoms with Crippen molar-refractivity contribution in [2.24, 2.45) is 0 Å². The molecular formula is C42H82NO8+. The van der Waals surface area contributed by atoms with Gasteiger partial charge < -0.3 is 28.5 Å². The molecule has 0 aromatic carbocycles. The van der Waals surface area contributed by atoms with Crippen molar-refractivity contribution in [3.05, 3.63) is 0 Å². The zero-order valence-electron chi connectivity index (χ0n) is 34.0. The zero-order valence-corrected chi connectivity index (χ0v) is 34.0. The van der Waals surface area contributed by atoms with Crippen LogP contribution in [0, 0.1) is 0 Å². The van der Waals surface area contributed by atoms with Gasteiger partial charge in [-0.2, -0.15) is 0 Å². The van der Waals surface area contributed by atoms with E-state index in [2.05, 4.69) is 13.8 Å². The summed E-state index contributed by atoms with van der Waals surface area (Å²) < 4.78 is 22.7. The lowest BCUT2D eigenvalue weighted by Gasteiger charge is -2.25. The van der Waals surface area contributed by atoms with E-state index in [1.807, 2.05) is 21.1 Å². The number of carbonyl (C=O) groups excluding carboxylic acids is 2. The van der Waals surface area contributed by atoms with E-state index in [1.165, 1.54) is 128 Å². The number of hydrogen-bond acceptors (Lipinski definition) is 7. The van der Waals surface area contributed by atoms with Crippen molar-refractivity contribution >= 4 is 17.9 Å². The highest BCUT2D eigenvalue weighted by atomic mass is 16.7. The Morgan fingerprint density at radius 2 is 0.882 bits per heavy atom. The van der Waals surface area contributed by atoms with Crippen molar-refractivity contribution in [1.29, 1.82) is 0 Å². The monoisotopic (exact) mass is 729 g/mol. The molecule has 0 saturated carbocycles. The molecule has 0 amide bonds. The molecular weight excluding hydrogens is 646 g/mol. The second-order valence-corrected chi connectivity index (χ2v) is 15.7. The van der Waals surface area contributed by atoms with Crippen molar-refractivity contribution in [1.82, 2.24) is 0 Å². The van der Waals surface area contributed by atoms with Gasteiger partial charge in [0.1, 0.15) is 13.2 Å². The van der Waals surface area contributed by atoms with E-state index in [1.54, 1.807) is 0 Å². The number of hydrogen-bond donors (Lipinski definition) is 1. The third kappa shape index (κ3) is 36.4. The summed E-state index contributed by atoms with van der Waals surface area (Å²) in [7, 11) is 5.95. The third-order valence-corrected chi connectivity index (χ3v) is 9.36. The van der Waals surface area contributed by atoms with E-state index in [4.69, 9.17) is 18.9 Å². The van der Waals surface area contributed by atoms with E-state index >= 15 is 0 Å². The maximum Gasteiger partial charge on any atom is 0.361 e. The van der Waals surface area contributed by atoms with Gasteiger partial charge in [-0.05, 0) is 12.8 Å². The molecule has 9 nitrogen and oxygen atoms in total. The SMILES string of the molecule is CCCCCCCCCCCCCCCCCCC(=O)OC(COC(=O)CCCCCCCCCCCC)COC(OCC[N+](C)(C)C)C(=O)O. The number of rotatable bonds is 39. The molecule has 0 fully saturated rings. The maximum absolute atomic E-state index is 12.7. The first-order valence-electron chi connectivity index (χ1n) is 21.2.